The smallest absolute Gasteiger partial charge is 0.267 e. The summed E-state index contributed by atoms with van der Waals surface area (Å²) in [7, 11) is 2.24. The summed E-state index contributed by atoms with van der Waals surface area (Å²) in [4.78, 5) is 16.5. The van der Waals surface area contributed by atoms with Gasteiger partial charge in [0.1, 0.15) is 17.4 Å². The number of amides is 1. The lowest BCUT2D eigenvalue weighted by molar-refractivity contribution is -0.112. The Morgan fingerprint density at radius 2 is 2.10 bits per heavy atom. The molecule has 29 heavy (non-hydrogen) atoms. The first-order chi connectivity index (χ1) is 13.6. The number of carbonyl (C=O) groups is 1. The Labute approximate surface area is 172 Å². The van der Waals surface area contributed by atoms with Gasteiger partial charge in [-0.25, -0.2) is 8.42 Å². The third-order valence-corrected chi connectivity index (χ3v) is 6.50. The van der Waals surface area contributed by atoms with Gasteiger partial charge in [0.2, 0.25) is 0 Å². The molecule has 9 heteroatoms. The van der Waals surface area contributed by atoms with E-state index in [1.54, 1.807) is 17.0 Å². The summed E-state index contributed by atoms with van der Waals surface area (Å²) in [6.07, 6.45) is 1.96. The van der Waals surface area contributed by atoms with E-state index in [1.165, 1.54) is 13.3 Å². The van der Waals surface area contributed by atoms with Crippen molar-refractivity contribution in [3.63, 3.8) is 0 Å². The lowest BCUT2D eigenvalue weighted by Crippen LogP contribution is -2.37. The molecule has 0 saturated carbocycles. The Kier molecular flexibility index (Phi) is 7.65. The molecule has 1 heterocycles. The van der Waals surface area contributed by atoms with E-state index in [-0.39, 0.29) is 23.1 Å². The van der Waals surface area contributed by atoms with Crippen LogP contribution in [-0.2, 0) is 14.6 Å². The number of likely N-dealkylation sites (N-methyl/N-ethyl adjacent to an activating group) is 1. The second-order valence-electron chi connectivity index (χ2n) is 7.41. The number of sulfone groups is 1. The normalized spacial score (nSPS) is 18.3. The molecule has 158 valence electrons. The molecule has 0 bridgehead atoms. The Hall–Kier alpha value is -2.57. The van der Waals surface area contributed by atoms with Crippen molar-refractivity contribution in [2.75, 3.05) is 51.1 Å². The number of nitrogens with zero attached hydrogens (tertiary/aromatic N) is 3. The molecular formula is C20H28N4O4S. The number of hydrogen-bond acceptors (Lipinski definition) is 7. The van der Waals surface area contributed by atoms with Crippen LogP contribution in [0.4, 0.5) is 5.69 Å². The SMILES string of the molecule is COc1ccc(C)cc1NC(=O)/C(C#N)=C\N(CCN(C)C)C1CCS(=O)(=O)C1. The summed E-state index contributed by atoms with van der Waals surface area (Å²) in [5.41, 5.74) is 1.32. The highest BCUT2D eigenvalue weighted by molar-refractivity contribution is 7.91. The summed E-state index contributed by atoms with van der Waals surface area (Å²) in [6, 6.07) is 7.06. The van der Waals surface area contributed by atoms with Crippen molar-refractivity contribution in [1.82, 2.24) is 9.80 Å². The van der Waals surface area contributed by atoms with Gasteiger partial charge in [-0.2, -0.15) is 5.26 Å². The number of rotatable bonds is 8. The third kappa shape index (κ3) is 6.48. The molecule has 8 nitrogen and oxygen atoms in total. The van der Waals surface area contributed by atoms with Gasteiger partial charge in [-0.15, -0.1) is 0 Å². The molecule has 1 N–H and O–H groups in total. The number of anilines is 1. The number of aryl methyl sites for hydroxylation is 1. The van der Waals surface area contributed by atoms with Crippen molar-refractivity contribution < 1.29 is 17.9 Å². The molecule has 1 aromatic carbocycles. The zero-order chi connectivity index (χ0) is 21.6. The Bertz CT molecular complexity index is 919. The van der Waals surface area contributed by atoms with E-state index in [0.29, 0.717) is 30.9 Å². The summed E-state index contributed by atoms with van der Waals surface area (Å²) in [5.74, 6) is 0.0845. The number of ether oxygens (including phenoxy) is 1. The predicted molar refractivity (Wildman–Crippen MR) is 112 cm³/mol. The number of nitriles is 1. The predicted octanol–water partition coefficient (Wildman–Crippen LogP) is 1.40. The standard InChI is InChI=1S/C20H28N4O4S/c1-15-5-6-19(28-4)18(11-15)22-20(25)16(12-21)13-24(9-8-23(2)3)17-7-10-29(26,27)14-17/h5-6,11,13,17H,7-10,14H2,1-4H3,(H,22,25)/b16-13-. The molecule has 1 saturated heterocycles. The van der Waals surface area contributed by atoms with Gasteiger partial charge in [0.05, 0.1) is 24.3 Å². The van der Waals surface area contributed by atoms with Gasteiger partial charge in [0.25, 0.3) is 5.91 Å². The van der Waals surface area contributed by atoms with Crippen molar-refractivity contribution in [2.45, 2.75) is 19.4 Å². The van der Waals surface area contributed by atoms with Gasteiger partial charge in [-0.05, 0) is 45.1 Å². The fraction of sp³-hybridized carbons (Fsp3) is 0.500. The van der Waals surface area contributed by atoms with E-state index >= 15 is 0 Å². The topological polar surface area (TPSA) is 103 Å². The summed E-state index contributed by atoms with van der Waals surface area (Å²) >= 11 is 0. The molecule has 0 aliphatic carbocycles. The van der Waals surface area contributed by atoms with Crippen molar-refractivity contribution in [2.24, 2.45) is 0 Å². The zero-order valence-electron chi connectivity index (χ0n) is 17.3. The molecule has 0 aromatic heterocycles. The average molecular weight is 421 g/mol. The van der Waals surface area contributed by atoms with Crippen LogP contribution in [0.25, 0.3) is 0 Å². The molecule has 1 fully saturated rings. The van der Waals surface area contributed by atoms with E-state index in [9.17, 15) is 18.5 Å². The highest BCUT2D eigenvalue weighted by atomic mass is 32.2. The van der Waals surface area contributed by atoms with Gasteiger partial charge in [-0.1, -0.05) is 6.07 Å². The first kappa shape index (κ1) is 22.7. The molecule has 1 aliphatic heterocycles. The van der Waals surface area contributed by atoms with E-state index in [2.05, 4.69) is 5.32 Å². The number of carbonyl (C=O) groups excluding carboxylic acids is 1. The van der Waals surface area contributed by atoms with Crippen LogP contribution in [0.1, 0.15) is 12.0 Å². The van der Waals surface area contributed by atoms with Crippen LogP contribution >= 0.6 is 0 Å². The van der Waals surface area contributed by atoms with E-state index < -0.39 is 15.7 Å². The molecule has 2 rings (SSSR count). The largest absolute Gasteiger partial charge is 0.495 e. The van der Waals surface area contributed by atoms with Crippen LogP contribution in [0.3, 0.4) is 0 Å². The zero-order valence-corrected chi connectivity index (χ0v) is 18.1. The average Bonchev–Trinajstić information content (AvgIpc) is 3.01. The van der Waals surface area contributed by atoms with E-state index in [4.69, 9.17) is 4.74 Å². The monoisotopic (exact) mass is 420 g/mol. The quantitative estimate of drug-likeness (QED) is 0.501. The number of benzene rings is 1. The van der Waals surface area contributed by atoms with Crippen molar-refractivity contribution >= 4 is 21.4 Å². The molecule has 0 spiro atoms. The first-order valence-corrected chi connectivity index (χ1v) is 11.2. The molecular weight excluding hydrogens is 392 g/mol. The molecule has 1 aromatic rings. The van der Waals surface area contributed by atoms with Gasteiger partial charge in [0, 0.05) is 25.3 Å². The summed E-state index contributed by atoms with van der Waals surface area (Å²) < 4.78 is 29.1. The highest BCUT2D eigenvalue weighted by Crippen LogP contribution is 2.26. The Balaban J connectivity index is 2.26. The van der Waals surface area contributed by atoms with Gasteiger partial charge < -0.3 is 19.9 Å². The first-order valence-electron chi connectivity index (χ1n) is 9.34. The maximum Gasteiger partial charge on any atom is 0.267 e. The van der Waals surface area contributed by atoms with Gasteiger partial charge in [-0.3, -0.25) is 4.79 Å². The lowest BCUT2D eigenvalue weighted by Gasteiger charge is -2.28. The second-order valence-corrected chi connectivity index (χ2v) is 9.64. The Morgan fingerprint density at radius 1 is 1.38 bits per heavy atom. The molecule has 1 aliphatic rings. The highest BCUT2D eigenvalue weighted by Gasteiger charge is 2.31. The van der Waals surface area contributed by atoms with Gasteiger partial charge >= 0.3 is 0 Å². The maximum absolute atomic E-state index is 12.7. The number of hydrogen-bond donors (Lipinski definition) is 1. The van der Waals surface area contributed by atoms with Crippen LogP contribution in [0, 0.1) is 18.3 Å². The van der Waals surface area contributed by atoms with Crippen molar-refractivity contribution in [3.8, 4) is 11.8 Å². The third-order valence-electron chi connectivity index (χ3n) is 4.75. The van der Waals surface area contributed by atoms with Crippen LogP contribution in [0.15, 0.2) is 30.0 Å². The van der Waals surface area contributed by atoms with Crippen LogP contribution in [0.5, 0.6) is 5.75 Å². The minimum Gasteiger partial charge on any atom is -0.495 e. The van der Waals surface area contributed by atoms with Gasteiger partial charge in [0.15, 0.2) is 9.84 Å². The number of nitrogens with one attached hydrogen (secondary N) is 1. The van der Waals surface area contributed by atoms with Crippen LogP contribution in [-0.4, -0.2) is 76.0 Å². The summed E-state index contributed by atoms with van der Waals surface area (Å²) in [6.45, 7) is 3.07. The minimum absolute atomic E-state index is 0.0307. The van der Waals surface area contributed by atoms with Crippen molar-refractivity contribution in [3.05, 3.63) is 35.5 Å². The maximum atomic E-state index is 12.7. The fourth-order valence-electron chi connectivity index (χ4n) is 3.12. The second kappa shape index (κ2) is 9.76. The van der Waals surface area contributed by atoms with E-state index in [1.807, 2.05) is 38.1 Å². The van der Waals surface area contributed by atoms with E-state index in [0.717, 1.165) is 5.56 Å². The molecule has 0 radical (unpaired) electrons. The van der Waals surface area contributed by atoms with Crippen molar-refractivity contribution in [1.29, 1.82) is 5.26 Å². The minimum atomic E-state index is -3.09. The summed E-state index contributed by atoms with van der Waals surface area (Å²) in [5, 5.41) is 12.3. The molecule has 1 atom stereocenters. The van der Waals surface area contributed by atoms with Crippen LogP contribution in [0.2, 0.25) is 0 Å². The lowest BCUT2D eigenvalue weighted by atomic mass is 10.2. The molecule has 1 unspecified atom stereocenters. The molecule has 1 amide bonds. The number of methoxy groups -OCH3 is 1. The fourth-order valence-corrected chi connectivity index (χ4v) is 4.86. The van der Waals surface area contributed by atoms with Crippen LogP contribution < -0.4 is 10.1 Å². The Morgan fingerprint density at radius 3 is 2.66 bits per heavy atom.